The summed E-state index contributed by atoms with van der Waals surface area (Å²) in [6.45, 7) is 2.35. The molecule has 0 aromatic heterocycles. The minimum Gasteiger partial charge on any atom is -0.497 e. The first-order valence-corrected chi connectivity index (χ1v) is 9.56. The summed E-state index contributed by atoms with van der Waals surface area (Å²) in [5, 5.41) is 3.89. The van der Waals surface area contributed by atoms with Crippen LogP contribution in [0.4, 0.5) is 0 Å². The molecule has 0 unspecified atom stereocenters. The van der Waals surface area contributed by atoms with Crippen LogP contribution in [-0.4, -0.2) is 49.7 Å². The molecular formula is C21H23ClN2O3. The summed E-state index contributed by atoms with van der Waals surface area (Å²) < 4.78 is 11.3. The van der Waals surface area contributed by atoms with Gasteiger partial charge in [0.15, 0.2) is 0 Å². The van der Waals surface area contributed by atoms with Crippen molar-refractivity contribution in [2.45, 2.75) is 24.6 Å². The van der Waals surface area contributed by atoms with Gasteiger partial charge < -0.3 is 14.8 Å². The smallest absolute Gasteiger partial charge is 0.251 e. The van der Waals surface area contributed by atoms with Crippen LogP contribution < -0.4 is 10.1 Å². The number of morpholine rings is 1. The van der Waals surface area contributed by atoms with E-state index < -0.39 is 0 Å². The highest BCUT2D eigenvalue weighted by Gasteiger charge is 2.38. The van der Waals surface area contributed by atoms with Gasteiger partial charge in [-0.2, -0.15) is 0 Å². The highest BCUT2D eigenvalue weighted by Crippen LogP contribution is 2.31. The quantitative estimate of drug-likeness (QED) is 0.876. The number of halogens is 1. The number of benzene rings is 2. The summed E-state index contributed by atoms with van der Waals surface area (Å²) in [5.41, 5.74) is 1.76. The molecule has 2 aromatic carbocycles. The predicted octanol–water partition coefficient (Wildman–Crippen LogP) is 3.29. The van der Waals surface area contributed by atoms with Crippen LogP contribution in [0.2, 0.25) is 5.02 Å². The highest BCUT2D eigenvalue weighted by molar-refractivity contribution is 6.30. The number of nitrogens with zero attached hydrogens (tertiary/aromatic N) is 1. The minimum absolute atomic E-state index is 0.0475. The fraction of sp³-hybridized carbons (Fsp3) is 0.381. The molecular weight excluding hydrogens is 364 g/mol. The zero-order chi connectivity index (χ0) is 18.8. The van der Waals surface area contributed by atoms with Gasteiger partial charge in [0.2, 0.25) is 0 Å². The summed E-state index contributed by atoms with van der Waals surface area (Å²) >= 11 is 5.98. The van der Waals surface area contributed by atoms with Crippen LogP contribution in [0.3, 0.4) is 0 Å². The maximum absolute atomic E-state index is 12.6. The largest absolute Gasteiger partial charge is 0.497 e. The Bertz CT molecular complexity index is 811. The molecule has 3 atom stereocenters. The second kappa shape index (κ2) is 7.89. The summed E-state index contributed by atoms with van der Waals surface area (Å²) in [6, 6.07) is 15.5. The Morgan fingerprint density at radius 2 is 2.04 bits per heavy atom. The zero-order valence-electron chi connectivity index (χ0n) is 15.2. The molecule has 0 spiro atoms. The second-order valence-electron chi connectivity index (χ2n) is 7.12. The molecule has 1 amide bonds. The molecule has 27 heavy (non-hydrogen) atoms. The van der Waals surface area contributed by atoms with E-state index in [0.717, 1.165) is 30.1 Å². The van der Waals surface area contributed by atoms with Crippen molar-refractivity contribution in [3.05, 3.63) is 64.7 Å². The van der Waals surface area contributed by atoms with E-state index in [9.17, 15) is 4.79 Å². The first-order chi connectivity index (χ1) is 13.1. The van der Waals surface area contributed by atoms with E-state index in [4.69, 9.17) is 21.1 Å². The molecule has 1 N–H and O–H groups in total. The van der Waals surface area contributed by atoms with Gasteiger partial charge in [0.1, 0.15) is 5.75 Å². The van der Waals surface area contributed by atoms with Crippen molar-refractivity contribution in [2.75, 3.05) is 26.8 Å². The van der Waals surface area contributed by atoms with Gasteiger partial charge in [-0.25, -0.2) is 0 Å². The maximum atomic E-state index is 12.6. The van der Waals surface area contributed by atoms with Crippen molar-refractivity contribution in [3.63, 3.8) is 0 Å². The number of carbonyl (C=O) groups excluding carboxylic acids is 1. The van der Waals surface area contributed by atoms with Crippen LogP contribution in [0.5, 0.6) is 5.75 Å². The highest BCUT2D eigenvalue weighted by atomic mass is 35.5. The lowest BCUT2D eigenvalue weighted by Gasteiger charge is -2.35. The van der Waals surface area contributed by atoms with Crippen molar-refractivity contribution in [1.29, 1.82) is 0 Å². The SMILES string of the molecule is COc1cccc(C(=O)N[C@@H]2C[C@H]3CO[C@@H](c4ccc(Cl)cc4)CN3C2)c1. The van der Waals surface area contributed by atoms with Crippen LogP contribution >= 0.6 is 11.6 Å². The summed E-state index contributed by atoms with van der Waals surface area (Å²) in [7, 11) is 1.60. The molecule has 0 bridgehead atoms. The average Bonchev–Trinajstić information content (AvgIpc) is 3.10. The Kier molecular flexibility index (Phi) is 5.34. The number of hydrogen-bond acceptors (Lipinski definition) is 4. The average molecular weight is 387 g/mol. The van der Waals surface area contributed by atoms with Crippen LogP contribution in [0.25, 0.3) is 0 Å². The lowest BCUT2D eigenvalue weighted by atomic mass is 10.1. The molecule has 2 aromatic rings. The van der Waals surface area contributed by atoms with E-state index in [2.05, 4.69) is 10.2 Å². The number of rotatable bonds is 4. The van der Waals surface area contributed by atoms with Crippen LogP contribution in [-0.2, 0) is 4.74 Å². The van der Waals surface area contributed by atoms with Gasteiger partial charge in [-0.05, 0) is 42.3 Å². The molecule has 2 heterocycles. The monoisotopic (exact) mass is 386 g/mol. The van der Waals surface area contributed by atoms with E-state index in [-0.39, 0.29) is 18.1 Å². The van der Waals surface area contributed by atoms with Gasteiger partial charge in [0.25, 0.3) is 5.91 Å². The van der Waals surface area contributed by atoms with Crippen molar-refractivity contribution >= 4 is 17.5 Å². The first-order valence-electron chi connectivity index (χ1n) is 9.18. The fourth-order valence-electron chi connectivity index (χ4n) is 3.89. The topological polar surface area (TPSA) is 50.8 Å². The van der Waals surface area contributed by atoms with Gasteiger partial charge in [-0.1, -0.05) is 29.8 Å². The molecule has 2 saturated heterocycles. The van der Waals surface area contributed by atoms with Gasteiger partial charge in [0, 0.05) is 35.8 Å². The molecule has 2 aliphatic heterocycles. The number of carbonyl (C=O) groups is 1. The molecule has 6 heteroatoms. The Morgan fingerprint density at radius 1 is 1.22 bits per heavy atom. The van der Waals surface area contributed by atoms with Crippen molar-refractivity contribution < 1.29 is 14.3 Å². The molecule has 2 aliphatic rings. The molecule has 4 rings (SSSR count). The summed E-state index contributed by atoms with van der Waals surface area (Å²) in [4.78, 5) is 15.0. The Labute approximate surface area is 164 Å². The van der Waals surface area contributed by atoms with Crippen LogP contribution in [0.1, 0.15) is 28.4 Å². The van der Waals surface area contributed by atoms with Crippen molar-refractivity contribution in [3.8, 4) is 5.75 Å². The molecule has 5 nitrogen and oxygen atoms in total. The Hall–Kier alpha value is -2.08. The first kappa shape index (κ1) is 18.3. The van der Waals surface area contributed by atoms with Crippen LogP contribution in [0.15, 0.2) is 48.5 Å². The Morgan fingerprint density at radius 3 is 2.81 bits per heavy atom. The number of fused-ring (bicyclic) bond motifs is 1. The molecule has 0 saturated carbocycles. The normalized spacial score (nSPS) is 25.0. The summed E-state index contributed by atoms with van der Waals surface area (Å²) in [5.74, 6) is 0.625. The molecule has 0 aliphatic carbocycles. The van der Waals surface area contributed by atoms with Gasteiger partial charge in [-0.15, -0.1) is 0 Å². The van der Waals surface area contributed by atoms with E-state index >= 15 is 0 Å². The number of methoxy groups -OCH3 is 1. The van der Waals surface area contributed by atoms with E-state index in [1.807, 2.05) is 36.4 Å². The van der Waals surface area contributed by atoms with Gasteiger partial charge in [-0.3, -0.25) is 9.69 Å². The lowest BCUT2D eigenvalue weighted by Crippen LogP contribution is -2.43. The van der Waals surface area contributed by atoms with Crippen LogP contribution in [0, 0.1) is 0 Å². The maximum Gasteiger partial charge on any atom is 0.251 e. The third kappa shape index (κ3) is 4.10. The van der Waals surface area contributed by atoms with Gasteiger partial charge in [0.05, 0.1) is 19.8 Å². The number of ether oxygens (including phenoxy) is 2. The Balaban J connectivity index is 1.37. The second-order valence-corrected chi connectivity index (χ2v) is 7.56. The van der Waals surface area contributed by atoms with Crippen molar-refractivity contribution in [1.82, 2.24) is 10.2 Å². The van der Waals surface area contributed by atoms with E-state index in [1.54, 1.807) is 19.2 Å². The molecule has 0 radical (unpaired) electrons. The number of amides is 1. The van der Waals surface area contributed by atoms with Crippen molar-refractivity contribution in [2.24, 2.45) is 0 Å². The zero-order valence-corrected chi connectivity index (χ0v) is 16.0. The fourth-order valence-corrected chi connectivity index (χ4v) is 4.02. The van der Waals surface area contributed by atoms with E-state index in [0.29, 0.717) is 24.0 Å². The standard InChI is InChI=1S/C21H23ClN2O3/c1-26-19-4-2-3-15(9-19)21(25)23-17-10-18-13-27-20(12-24(18)11-17)14-5-7-16(22)8-6-14/h2-9,17-18,20H,10-13H2,1H3,(H,23,25)/t17-,18+,20-/m1/s1. The number of nitrogens with one attached hydrogen (secondary N) is 1. The molecule has 142 valence electrons. The third-order valence-electron chi connectivity index (χ3n) is 5.33. The summed E-state index contributed by atoms with van der Waals surface area (Å²) in [6.07, 6.45) is 0.953. The predicted molar refractivity (Wildman–Crippen MR) is 104 cm³/mol. The van der Waals surface area contributed by atoms with Gasteiger partial charge >= 0.3 is 0 Å². The minimum atomic E-state index is -0.0612. The van der Waals surface area contributed by atoms with E-state index in [1.165, 1.54) is 0 Å². The molecule has 2 fully saturated rings. The third-order valence-corrected chi connectivity index (χ3v) is 5.58. The number of hydrogen-bond donors (Lipinski definition) is 1. The lowest BCUT2D eigenvalue weighted by molar-refractivity contribution is -0.0502.